The average Bonchev–Trinajstić information content (AvgIpc) is 3.45. The highest BCUT2D eigenvalue weighted by molar-refractivity contribution is 6.37. The Kier molecular flexibility index (Phi) is 5.62. The number of phenolic OH excluding ortho intramolecular Hbond substituents is 1. The van der Waals surface area contributed by atoms with E-state index in [0.717, 1.165) is 13.2 Å². The van der Waals surface area contributed by atoms with E-state index >= 15 is 0 Å². The second-order valence-electron chi connectivity index (χ2n) is 9.91. The average molecular weight is 574 g/mol. The number of halogens is 1. The Bertz CT molecular complexity index is 2410. The first-order valence-corrected chi connectivity index (χ1v) is 12.8. The van der Waals surface area contributed by atoms with E-state index in [-0.39, 0.29) is 39.8 Å². The van der Waals surface area contributed by atoms with Crippen molar-refractivity contribution in [2.45, 2.75) is 25.2 Å². The summed E-state index contributed by atoms with van der Waals surface area (Å²) in [6.45, 7) is 1.83. The van der Waals surface area contributed by atoms with Crippen molar-refractivity contribution >= 4 is 40.0 Å². The van der Waals surface area contributed by atoms with E-state index in [1.807, 2.05) is 6.92 Å². The highest BCUT2D eigenvalue weighted by Gasteiger charge is 2.53. The molecule has 0 aliphatic heterocycles. The Morgan fingerprint density at radius 3 is 2.22 bits per heavy atom. The monoisotopic (exact) mass is 573 g/mol. The van der Waals surface area contributed by atoms with Crippen LogP contribution >= 0.6 is 11.6 Å². The summed E-state index contributed by atoms with van der Waals surface area (Å²) in [5, 5.41) is 31.8. The van der Waals surface area contributed by atoms with Crippen molar-refractivity contribution in [2.75, 3.05) is 7.11 Å². The SMILES string of the molecule is CC=CC=Cc1cc2c(Cl)c3c(c(O)c2c(=O)[nH]1)C1(CC3)C(O)=c2c(=O)c3c(=O)cc(OC)c(=O)c=3c(=O)c2=C1O. The number of pyridine rings is 1. The molecule has 41 heavy (non-hydrogen) atoms. The smallest absolute Gasteiger partial charge is 0.260 e. The maximum Gasteiger partial charge on any atom is 0.260 e. The van der Waals surface area contributed by atoms with E-state index in [9.17, 15) is 39.3 Å². The molecule has 0 saturated carbocycles. The molecule has 0 saturated heterocycles. The third kappa shape index (κ3) is 3.16. The number of hydrogen-bond donors (Lipinski definition) is 4. The van der Waals surface area contributed by atoms with Crippen LogP contribution in [0.1, 0.15) is 30.2 Å². The lowest BCUT2D eigenvalue weighted by molar-refractivity contribution is 0.362. The molecule has 0 fully saturated rings. The zero-order valence-corrected chi connectivity index (χ0v) is 22.3. The van der Waals surface area contributed by atoms with E-state index < -0.39 is 76.6 Å². The van der Waals surface area contributed by atoms with Crippen LogP contribution in [-0.4, -0.2) is 27.4 Å². The number of fused-ring (bicyclic) bond motifs is 4. The number of aromatic amines is 1. The van der Waals surface area contributed by atoms with Crippen molar-refractivity contribution in [3.63, 3.8) is 0 Å². The van der Waals surface area contributed by atoms with Gasteiger partial charge in [0.25, 0.3) is 5.56 Å². The second kappa shape index (κ2) is 8.77. The number of nitrogens with one attached hydrogen (secondary N) is 1. The second-order valence-corrected chi connectivity index (χ2v) is 10.3. The minimum absolute atomic E-state index is 0.0751. The maximum absolute atomic E-state index is 13.6. The van der Waals surface area contributed by atoms with Crippen molar-refractivity contribution < 1.29 is 20.1 Å². The summed E-state index contributed by atoms with van der Waals surface area (Å²) in [5.41, 5.74) is -6.45. The lowest BCUT2D eigenvalue weighted by Gasteiger charge is -2.27. The molecule has 4 aliphatic carbocycles. The predicted octanol–water partition coefficient (Wildman–Crippen LogP) is 0.756. The minimum atomic E-state index is -2.03. The fourth-order valence-electron chi connectivity index (χ4n) is 6.17. The van der Waals surface area contributed by atoms with Gasteiger partial charge in [-0.1, -0.05) is 29.8 Å². The van der Waals surface area contributed by atoms with Gasteiger partial charge in [0.15, 0.2) is 11.2 Å². The van der Waals surface area contributed by atoms with Crippen LogP contribution in [0.4, 0.5) is 0 Å². The summed E-state index contributed by atoms with van der Waals surface area (Å²) in [7, 11) is 1.12. The van der Waals surface area contributed by atoms with Crippen LogP contribution in [0.5, 0.6) is 11.5 Å². The molecule has 1 heterocycles. The van der Waals surface area contributed by atoms with Gasteiger partial charge in [-0.05, 0) is 37.5 Å². The molecule has 11 heteroatoms. The van der Waals surface area contributed by atoms with Crippen molar-refractivity contribution in [2.24, 2.45) is 0 Å². The van der Waals surface area contributed by atoms with Gasteiger partial charge in [-0.25, -0.2) is 0 Å². The molecule has 10 nitrogen and oxygen atoms in total. The van der Waals surface area contributed by atoms with Crippen LogP contribution in [0, 0.1) is 10.4 Å². The number of aliphatic hydroxyl groups excluding tert-OH is 2. The number of aromatic hydroxyl groups is 1. The first kappa shape index (κ1) is 26.3. The molecule has 0 amide bonds. The molecule has 6 rings (SSSR count). The highest BCUT2D eigenvalue weighted by atomic mass is 35.5. The molecular weight excluding hydrogens is 554 g/mol. The number of hydrogen-bond acceptors (Lipinski definition) is 9. The van der Waals surface area contributed by atoms with E-state index in [4.69, 9.17) is 16.3 Å². The van der Waals surface area contributed by atoms with Gasteiger partial charge < -0.3 is 25.0 Å². The van der Waals surface area contributed by atoms with E-state index in [2.05, 4.69) is 4.98 Å². The highest BCUT2D eigenvalue weighted by Crippen LogP contribution is 2.56. The largest absolute Gasteiger partial charge is 0.510 e. The lowest BCUT2D eigenvalue weighted by Crippen LogP contribution is -2.51. The normalized spacial score (nSPS) is 18.0. The summed E-state index contributed by atoms with van der Waals surface area (Å²) in [4.78, 5) is 68.6. The number of H-pyrrole nitrogens is 1. The zero-order valence-electron chi connectivity index (χ0n) is 21.5. The summed E-state index contributed by atoms with van der Waals surface area (Å²) < 4.78 is 4.89. The number of aromatic nitrogens is 1. The van der Waals surface area contributed by atoms with Gasteiger partial charge in [0.05, 0.1) is 38.4 Å². The van der Waals surface area contributed by atoms with Gasteiger partial charge in [-0.2, -0.15) is 0 Å². The fourth-order valence-corrected chi connectivity index (χ4v) is 6.51. The number of rotatable bonds is 3. The molecule has 4 aliphatic rings. The molecule has 206 valence electrons. The van der Waals surface area contributed by atoms with Crippen molar-refractivity contribution in [3.05, 3.63) is 124 Å². The van der Waals surface area contributed by atoms with Crippen LogP contribution in [-0.2, 0) is 11.8 Å². The molecule has 1 aromatic heterocycles. The standard InChI is InChI=1S/C30H20ClNO9/c1-3-4-5-6-11-9-13-16(29(40)32-11)26(37)21-12(22(13)31)7-8-30(21)27(38)19-20(28(30)39)25(36)18-17(24(19)35)14(33)10-15(41-2)23(18)34/h3-6,9-10,37-39H,7-8H2,1-2H3,(H,32,40). The summed E-state index contributed by atoms with van der Waals surface area (Å²) in [6.07, 6.45) is 6.81. The Morgan fingerprint density at radius 1 is 0.927 bits per heavy atom. The molecule has 4 N–H and O–H groups in total. The first-order valence-electron chi connectivity index (χ1n) is 12.5. The Balaban J connectivity index is 1.78. The first-order chi connectivity index (χ1) is 19.5. The number of methoxy groups -OCH3 is 1. The van der Waals surface area contributed by atoms with Gasteiger partial charge in [0, 0.05) is 22.7 Å². The van der Waals surface area contributed by atoms with Crippen LogP contribution in [0.15, 0.2) is 54.3 Å². The van der Waals surface area contributed by atoms with Crippen LogP contribution in [0.2, 0.25) is 5.02 Å². The Morgan fingerprint density at radius 2 is 1.59 bits per heavy atom. The number of benzene rings is 1. The molecule has 0 radical (unpaired) electrons. The van der Waals surface area contributed by atoms with Gasteiger partial charge in [-0.15, -0.1) is 0 Å². The third-order valence-corrected chi connectivity index (χ3v) is 8.39. The van der Waals surface area contributed by atoms with Crippen LogP contribution < -0.4 is 42.4 Å². The zero-order chi connectivity index (χ0) is 29.5. The van der Waals surface area contributed by atoms with Gasteiger partial charge in [-0.3, -0.25) is 24.0 Å². The molecule has 1 unspecified atom stereocenters. The Labute approximate surface area is 233 Å². The van der Waals surface area contributed by atoms with Gasteiger partial charge >= 0.3 is 0 Å². The quantitative estimate of drug-likeness (QED) is 0.258. The topological polar surface area (TPSA) is 171 Å². The lowest BCUT2D eigenvalue weighted by atomic mass is 9.78. The van der Waals surface area contributed by atoms with Crippen molar-refractivity contribution in [1.82, 2.24) is 4.98 Å². The van der Waals surface area contributed by atoms with Crippen LogP contribution in [0.25, 0.3) is 28.4 Å². The summed E-state index contributed by atoms with van der Waals surface area (Å²) in [6, 6.07) is 2.35. The van der Waals surface area contributed by atoms with Crippen LogP contribution in [0.3, 0.4) is 0 Å². The Hall–Kier alpha value is -4.96. The molecule has 1 aromatic carbocycles. The third-order valence-electron chi connectivity index (χ3n) is 7.96. The number of phenols is 1. The fraction of sp³-hybridized carbons (Fsp3) is 0.167. The van der Waals surface area contributed by atoms with Crippen molar-refractivity contribution in [3.8, 4) is 11.5 Å². The molecule has 1 spiro atoms. The summed E-state index contributed by atoms with van der Waals surface area (Å²) >= 11 is 6.75. The van der Waals surface area contributed by atoms with E-state index in [1.54, 1.807) is 30.4 Å². The molecular formula is C30H20ClNO9. The maximum atomic E-state index is 13.6. The van der Waals surface area contributed by atoms with Gasteiger partial charge in [0.2, 0.25) is 16.3 Å². The van der Waals surface area contributed by atoms with E-state index in [0.29, 0.717) is 5.69 Å². The van der Waals surface area contributed by atoms with Gasteiger partial charge in [0.1, 0.15) is 22.7 Å². The minimum Gasteiger partial charge on any atom is -0.510 e. The van der Waals surface area contributed by atoms with Crippen molar-refractivity contribution in [1.29, 1.82) is 0 Å². The number of ether oxygens (including phenoxy) is 1. The molecule has 1 atom stereocenters. The predicted molar refractivity (Wildman–Crippen MR) is 152 cm³/mol. The number of aliphatic hydroxyl groups is 2. The molecule has 0 bridgehead atoms. The number of allylic oxidation sites excluding steroid dienone is 3. The molecule has 2 aromatic rings. The van der Waals surface area contributed by atoms with E-state index in [1.165, 1.54) is 0 Å². The summed E-state index contributed by atoms with van der Waals surface area (Å²) in [5.74, 6) is -2.65.